The number of nitrogens with one attached hydrogen (secondary N) is 1. The van der Waals surface area contributed by atoms with Crippen molar-refractivity contribution < 1.29 is 22.4 Å². The van der Waals surface area contributed by atoms with Crippen LogP contribution < -0.4 is 5.32 Å². The van der Waals surface area contributed by atoms with E-state index in [1.54, 1.807) is 17.0 Å². The second kappa shape index (κ2) is 10.5. The van der Waals surface area contributed by atoms with Crippen LogP contribution in [0.1, 0.15) is 41.6 Å². The van der Waals surface area contributed by atoms with Gasteiger partial charge < -0.3 is 10.2 Å². The minimum atomic E-state index is -3.80. The van der Waals surface area contributed by atoms with Crippen molar-refractivity contribution in [1.82, 2.24) is 14.5 Å². The average molecular weight is 499 g/mol. The highest BCUT2D eigenvalue weighted by Gasteiger charge is 2.35. The lowest BCUT2D eigenvalue weighted by Gasteiger charge is -2.37. The molecule has 4 rings (SSSR count). The van der Waals surface area contributed by atoms with Crippen molar-refractivity contribution in [2.24, 2.45) is 5.92 Å². The molecule has 0 aliphatic carbocycles. The number of likely N-dealkylation sites (tertiary alicyclic amines) is 1. The maximum Gasteiger partial charge on any atom is 0.251 e. The fraction of sp³-hybridized carbons (Fsp3) is 0.400. The van der Waals surface area contributed by atoms with Gasteiger partial charge in [0.05, 0.1) is 10.5 Å². The molecule has 0 saturated carbocycles. The van der Waals surface area contributed by atoms with Gasteiger partial charge in [0.15, 0.2) is 0 Å². The van der Waals surface area contributed by atoms with Crippen LogP contribution in [0.15, 0.2) is 53.4 Å². The molecule has 2 heterocycles. The van der Waals surface area contributed by atoms with Gasteiger partial charge in [-0.2, -0.15) is 9.57 Å². The standard InChI is InChI=1S/C25H27FN4O4S/c26-21-7-5-18(6-8-21)24(31)28-22-11-13-29(14-12-22)25(32)19-9-15-30(16-10-19)35(33,34)23-4-2-1-3-20(23)17-27/h1-8,19,22H,9-16H2,(H,28,31). The Morgan fingerprint density at radius 1 is 0.943 bits per heavy atom. The lowest BCUT2D eigenvalue weighted by Crippen LogP contribution is -2.50. The molecule has 2 aliphatic heterocycles. The molecule has 0 bridgehead atoms. The van der Waals surface area contributed by atoms with Crippen LogP contribution in [0.4, 0.5) is 4.39 Å². The summed E-state index contributed by atoms with van der Waals surface area (Å²) >= 11 is 0. The summed E-state index contributed by atoms with van der Waals surface area (Å²) < 4.78 is 40.4. The fourth-order valence-electron chi connectivity index (χ4n) is 4.64. The normalized spacial score (nSPS) is 18.1. The Kier molecular flexibility index (Phi) is 7.48. The van der Waals surface area contributed by atoms with Crippen LogP contribution in [0.2, 0.25) is 0 Å². The largest absolute Gasteiger partial charge is 0.349 e. The number of halogens is 1. The number of amides is 2. The van der Waals surface area contributed by atoms with Gasteiger partial charge in [0, 0.05) is 43.7 Å². The third-order valence-electron chi connectivity index (χ3n) is 6.68. The summed E-state index contributed by atoms with van der Waals surface area (Å²) in [6.45, 7) is 1.48. The van der Waals surface area contributed by atoms with E-state index >= 15 is 0 Å². The number of carbonyl (C=O) groups excluding carboxylic acids is 2. The Morgan fingerprint density at radius 2 is 1.57 bits per heavy atom. The number of nitriles is 1. The van der Waals surface area contributed by atoms with Gasteiger partial charge in [-0.25, -0.2) is 12.8 Å². The predicted molar refractivity (Wildman–Crippen MR) is 126 cm³/mol. The molecule has 2 fully saturated rings. The molecule has 1 N–H and O–H groups in total. The van der Waals surface area contributed by atoms with Gasteiger partial charge >= 0.3 is 0 Å². The molecular formula is C25H27FN4O4S. The third kappa shape index (κ3) is 5.52. The van der Waals surface area contributed by atoms with E-state index in [0.29, 0.717) is 44.3 Å². The Balaban J connectivity index is 1.27. The van der Waals surface area contributed by atoms with Crippen LogP contribution in [0, 0.1) is 23.1 Å². The number of carbonyl (C=O) groups is 2. The molecule has 8 nitrogen and oxygen atoms in total. The van der Waals surface area contributed by atoms with E-state index in [1.165, 1.54) is 40.7 Å². The Bertz CT molecular complexity index is 1230. The van der Waals surface area contributed by atoms with E-state index in [9.17, 15) is 27.7 Å². The van der Waals surface area contributed by atoms with Crippen molar-refractivity contribution in [1.29, 1.82) is 5.26 Å². The smallest absolute Gasteiger partial charge is 0.251 e. The zero-order valence-electron chi connectivity index (χ0n) is 19.2. The molecule has 2 saturated heterocycles. The first-order valence-corrected chi connectivity index (χ1v) is 13.1. The van der Waals surface area contributed by atoms with Crippen molar-refractivity contribution in [3.05, 3.63) is 65.5 Å². The molecule has 0 aromatic heterocycles. The molecule has 2 aliphatic rings. The quantitative estimate of drug-likeness (QED) is 0.681. The van der Waals surface area contributed by atoms with Crippen molar-refractivity contribution >= 4 is 21.8 Å². The van der Waals surface area contributed by atoms with Crippen molar-refractivity contribution in [3.63, 3.8) is 0 Å². The molecule has 35 heavy (non-hydrogen) atoms. The lowest BCUT2D eigenvalue weighted by molar-refractivity contribution is -0.137. The van der Waals surface area contributed by atoms with E-state index in [1.807, 2.05) is 6.07 Å². The van der Waals surface area contributed by atoms with Gasteiger partial charge in [-0.3, -0.25) is 9.59 Å². The SMILES string of the molecule is N#Cc1ccccc1S(=O)(=O)N1CCC(C(=O)N2CCC(NC(=O)c3ccc(F)cc3)CC2)CC1. The summed E-state index contributed by atoms with van der Waals surface area (Å²) in [5, 5.41) is 12.2. The molecule has 0 spiro atoms. The molecule has 184 valence electrons. The van der Waals surface area contributed by atoms with Crippen LogP contribution in [-0.4, -0.2) is 61.7 Å². The maximum absolute atomic E-state index is 13.1. The summed E-state index contributed by atoms with van der Waals surface area (Å²) in [7, 11) is -3.80. The zero-order valence-corrected chi connectivity index (χ0v) is 20.0. The van der Waals surface area contributed by atoms with Gasteiger partial charge in [0.25, 0.3) is 5.91 Å². The van der Waals surface area contributed by atoms with E-state index < -0.39 is 15.8 Å². The highest BCUT2D eigenvalue weighted by atomic mass is 32.2. The fourth-order valence-corrected chi connectivity index (χ4v) is 6.25. The van der Waals surface area contributed by atoms with Gasteiger partial charge in [0.1, 0.15) is 11.9 Å². The molecule has 2 aromatic carbocycles. The predicted octanol–water partition coefficient (Wildman–Crippen LogP) is 2.52. The van der Waals surface area contributed by atoms with Crippen LogP contribution in [0.25, 0.3) is 0 Å². The molecule has 10 heteroatoms. The first kappa shape index (κ1) is 24.8. The topological polar surface area (TPSA) is 111 Å². The summed E-state index contributed by atoms with van der Waals surface area (Å²) in [6, 6.07) is 13.4. The van der Waals surface area contributed by atoms with E-state index in [4.69, 9.17) is 0 Å². The Labute approximate surface area is 204 Å². The molecule has 0 radical (unpaired) electrons. The number of nitrogens with zero attached hydrogens (tertiary/aromatic N) is 3. The van der Waals surface area contributed by atoms with Crippen molar-refractivity contribution in [2.45, 2.75) is 36.6 Å². The summed E-state index contributed by atoms with van der Waals surface area (Å²) in [5.74, 6) is -0.897. The highest BCUT2D eigenvalue weighted by molar-refractivity contribution is 7.89. The number of benzene rings is 2. The van der Waals surface area contributed by atoms with E-state index in [-0.39, 0.29) is 47.3 Å². The van der Waals surface area contributed by atoms with Gasteiger partial charge in [-0.1, -0.05) is 12.1 Å². The van der Waals surface area contributed by atoms with Gasteiger partial charge in [0.2, 0.25) is 15.9 Å². The molecule has 2 amide bonds. The summed E-state index contributed by atoms with van der Waals surface area (Å²) in [6.07, 6.45) is 2.09. The zero-order chi connectivity index (χ0) is 25.0. The van der Waals surface area contributed by atoms with Crippen LogP contribution in [0.3, 0.4) is 0 Å². The maximum atomic E-state index is 13.1. The second-order valence-electron chi connectivity index (χ2n) is 8.87. The van der Waals surface area contributed by atoms with Crippen LogP contribution >= 0.6 is 0 Å². The molecule has 0 unspecified atom stereocenters. The molecule has 2 aromatic rings. The summed E-state index contributed by atoms with van der Waals surface area (Å²) in [5.41, 5.74) is 0.504. The number of piperidine rings is 2. The third-order valence-corrected chi connectivity index (χ3v) is 8.63. The monoisotopic (exact) mass is 498 g/mol. The number of rotatable bonds is 5. The van der Waals surface area contributed by atoms with Crippen LogP contribution in [-0.2, 0) is 14.8 Å². The minimum absolute atomic E-state index is 0.00275. The van der Waals surface area contributed by atoms with E-state index in [0.717, 1.165) is 0 Å². The minimum Gasteiger partial charge on any atom is -0.349 e. The lowest BCUT2D eigenvalue weighted by atomic mass is 9.94. The highest BCUT2D eigenvalue weighted by Crippen LogP contribution is 2.27. The van der Waals surface area contributed by atoms with Crippen molar-refractivity contribution in [3.8, 4) is 6.07 Å². The second-order valence-corrected chi connectivity index (χ2v) is 10.8. The van der Waals surface area contributed by atoms with Crippen LogP contribution in [0.5, 0.6) is 0 Å². The van der Waals surface area contributed by atoms with Gasteiger partial charge in [-0.15, -0.1) is 0 Å². The first-order valence-electron chi connectivity index (χ1n) is 11.6. The van der Waals surface area contributed by atoms with E-state index in [2.05, 4.69) is 5.32 Å². The Hall–Kier alpha value is -3.29. The van der Waals surface area contributed by atoms with Crippen molar-refractivity contribution in [2.75, 3.05) is 26.2 Å². The average Bonchev–Trinajstić information content (AvgIpc) is 2.89. The number of hydrogen-bond donors (Lipinski definition) is 1. The molecular weight excluding hydrogens is 471 g/mol. The first-order chi connectivity index (χ1) is 16.8. The number of sulfonamides is 1. The van der Waals surface area contributed by atoms with Gasteiger partial charge in [-0.05, 0) is 62.1 Å². The molecule has 0 atom stereocenters. The Morgan fingerprint density at radius 3 is 2.20 bits per heavy atom. The summed E-state index contributed by atoms with van der Waals surface area (Å²) in [4.78, 5) is 27.2. The number of hydrogen-bond acceptors (Lipinski definition) is 5.